The minimum atomic E-state index is -0.433. The van der Waals surface area contributed by atoms with Crippen LogP contribution in [0.25, 0.3) is 5.69 Å². The van der Waals surface area contributed by atoms with Gasteiger partial charge in [0.1, 0.15) is 5.75 Å². The molecule has 0 saturated carbocycles. The van der Waals surface area contributed by atoms with Crippen LogP contribution < -0.4 is 10.1 Å². The van der Waals surface area contributed by atoms with E-state index in [1.165, 1.54) is 11.8 Å². The second kappa shape index (κ2) is 10.4. The summed E-state index contributed by atoms with van der Waals surface area (Å²) in [5, 5.41) is 14.9. The molecular weight excluding hydrogens is 406 g/mol. The Bertz CT molecular complexity index is 1010. The molecule has 0 aliphatic rings. The summed E-state index contributed by atoms with van der Waals surface area (Å²) in [6.45, 7) is 4.53. The summed E-state index contributed by atoms with van der Waals surface area (Å²) in [4.78, 5) is 24.2. The number of thioether (sulfide) groups is 1. The van der Waals surface area contributed by atoms with Crippen LogP contribution in [0.1, 0.15) is 24.2 Å². The molecule has 9 nitrogen and oxygen atoms in total. The number of esters is 1. The van der Waals surface area contributed by atoms with Crippen LogP contribution in [0, 0.1) is 0 Å². The summed E-state index contributed by atoms with van der Waals surface area (Å²) in [5.41, 5.74) is 1.65. The number of aromatic nitrogens is 4. The molecule has 0 fully saturated rings. The largest absolute Gasteiger partial charge is 0.494 e. The Morgan fingerprint density at radius 1 is 1.10 bits per heavy atom. The van der Waals surface area contributed by atoms with Crippen molar-refractivity contribution in [1.82, 2.24) is 20.2 Å². The number of rotatable bonds is 9. The molecule has 1 aromatic heterocycles. The zero-order chi connectivity index (χ0) is 21.3. The first-order chi connectivity index (χ1) is 14.6. The Morgan fingerprint density at radius 3 is 2.63 bits per heavy atom. The maximum atomic E-state index is 12.3. The van der Waals surface area contributed by atoms with Crippen molar-refractivity contribution < 1.29 is 19.1 Å². The lowest BCUT2D eigenvalue weighted by molar-refractivity contribution is -0.113. The molecular formula is C20H21N5O4S. The van der Waals surface area contributed by atoms with E-state index in [1.807, 2.05) is 31.2 Å². The fourth-order valence-corrected chi connectivity index (χ4v) is 3.24. The number of tetrazole rings is 1. The van der Waals surface area contributed by atoms with Crippen molar-refractivity contribution in [1.29, 1.82) is 0 Å². The van der Waals surface area contributed by atoms with Gasteiger partial charge in [-0.1, -0.05) is 17.8 Å². The van der Waals surface area contributed by atoms with Crippen LogP contribution in [-0.4, -0.2) is 51.1 Å². The van der Waals surface area contributed by atoms with Crippen molar-refractivity contribution in [2.75, 3.05) is 24.3 Å². The van der Waals surface area contributed by atoms with E-state index in [4.69, 9.17) is 9.47 Å². The Kier molecular flexibility index (Phi) is 7.39. The van der Waals surface area contributed by atoms with Crippen LogP contribution in [0.15, 0.2) is 53.7 Å². The van der Waals surface area contributed by atoms with Crippen LogP contribution in [-0.2, 0) is 9.53 Å². The molecule has 2 aromatic carbocycles. The van der Waals surface area contributed by atoms with E-state index in [0.29, 0.717) is 23.0 Å². The van der Waals surface area contributed by atoms with Crippen LogP contribution in [0.5, 0.6) is 5.75 Å². The fraction of sp³-hybridized carbons (Fsp3) is 0.250. The van der Waals surface area contributed by atoms with Gasteiger partial charge in [-0.3, -0.25) is 4.79 Å². The zero-order valence-corrected chi connectivity index (χ0v) is 17.4. The topological polar surface area (TPSA) is 108 Å². The SMILES string of the molecule is CCOC(=O)c1cccc(NC(=O)CSc2nnnn2-c2ccc(OCC)cc2)c1. The predicted octanol–water partition coefficient (Wildman–Crippen LogP) is 2.97. The maximum absolute atomic E-state index is 12.3. The van der Waals surface area contributed by atoms with E-state index in [1.54, 1.807) is 35.9 Å². The third kappa shape index (κ3) is 5.57. The Balaban J connectivity index is 1.60. The van der Waals surface area contributed by atoms with Gasteiger partial charge < -0.3 is 14.8 Å². The van der Waals surface area contributed by atoms with Gasteiger partial charge in [0.05, 0.1) is 30.2 Å². The van der Waals surface area contributed by atoms with E-state index in [-0.39, 0.29) is 18.3 Å². The van der Waals surface area contributed by atoms with Gasteiger partial charge in [-0.2, -0.15) is 4.68 Å². The van der Waals surface area contributed by atoms with Crippen LogP contribution >= 0.6 is 11.8 Å². The van der Waals surface area contributed by atoms with E-state index in [9.17, 15) is 9.59 Å². The molecule has 0 aliphatic carbocycles. The summed E-state index contributed by atoms with van der Waals surface area (Å²) >= 11 is 1.20. The standard InChI is InChI=1S/C20H21N5O4S/c1-3-28-17-10-8-16(9-11-17)25-20(22-23-24-25)30-13-18(26)21-15-7-5-6-14(12-15)19(27)29-4-2/h5-12H,3-4,13H2,1-2H3,(H,21,26). The number of nitrogens with one attached hydrogen (secondary N) is 1. The number of amides is 1. The molecule has 1 heterocycles. The van der Waals surface area contributed by atoms with Gasteiger partial charge >= 0.3 is 5.97 Å². The quantitative estimate of drug-likeness (QED) is 0.410. The molecule has 156 valence electrons. The Labute approximate surface area is 177 Å². The van der Waals surface area contributed by atoms with Crippen molar-refractivity contribution in [2.24, 2.45) is 0 Å². The minimum absolute atomic E-state index is 0.0983. The Hall–Kier alpha value is -3.40. The molecule has 1 amide bonds. The van der Waals surface area contributed by atoms with Crippen molar-refractivity contribution in [3.05, 3.63) is 54.1 Å². The number of hydrogen-bond acceptors (Lipinski definition) is 8. The van der Waals surface area contributed by atoms with Gasteiger partial charge in [0.15, 0.2) is 0 Å². The number of carbonyl (C=O) groups is 2. The van der Waals surface area contributed by atoms with Gasteiger partial charge in [-0.25, -0.2) is 4.79 Å². The van der Waals surface area contributed by atoms with Crippen molar-refractivity contribution >= 4 is 29.3 Å². The molecule has 3 rings (SSSR count). The molecule has 10 heteroatoms. The number of hydrogen-bond donors (Lipinski definition) is 1. The first-order valence-corrected chi connectivity index (χ1v) is 10.3. The molecule has 0 bridgehead atoms. The molecule has 0 aliphatic heterocycles. The number of nitrogens with zero attached hydrogens (tertiary/aromatic N) is 4. The second-order valence-corrected chi connectivity index (χ2v) is 6.88. The molecule has 0 radical (unpaired) electrons. The second-order valence-electron chi connectivity index (χ2n) is 5.94. The van der Waals surface area contributed by atoms with Gasteiger partial charge in [0.25, 0.3) is 0 Å². The number of anilines is 1. The summed E-state index contributed by atoms with van der Waals surface area (Å²) in [5.74, 6) is 0.175. The van der Waals surface area contributed by atoms with Crippen molar-refractivity contribution in [3.8, 4) is 11.4 Å². The van der Waals surface area contributed by atoms with E-state index in [0.717, 1.165) is 11.4 Å². The van der Waals surface area contributed by atoms with Crippen LogP contribution in [0.2, 0.25) is 0 Å². The molecule has 0 atom stereocenters. The highest BCUT2D eigenvalue weighted by Gasteiger charge is 2.13. The van der Waals surface area contributed by atoms with E-state index < -0.39 is 5.97 Å². The molecule has 0 unspecified atom stereocenters. The highest BCUT2D eigenvalue weighted by atomic mass is 32.2. The maximum Gasteiger partial charge on any atom is 0.338 e. The third-order valence-electron chi connectivity index (χ3n) is 3.82. The van der Waals surface area contributed by atoms with Crippen molar-refractivity contribution in [2.45, 2.75) is 19.0 Å². The van der Waals surface area contributed by atoms with Crippen LogP contribution in [0.3, 0.4) is 0 Å². The number of ether oxygens (including phenoxy) is 2. The summed E-state index contributed by atoms with van der Waals surface area (Å²) < 4.78 is 12.0. The van der Waals surface area contributed by atoms with E-state index in [2.05, 4.69) is 20.8 Å². The molecule has 3 aromatic rings. The smallest absolute Gasteiger partial charge is 0.338 e. The molecule has 1 N–H and O–H groups in total. The van der Waals surface area contributed by atoms with E-state index >= 15 is 0 Å². The average molecular weight is 427 g/mol. The minimum Gasteiger partial charge on any atom is -0.494 e. The van der Waals surface area contributed by atoms with Crippen LogP contribution in [0.4, 0.5) is 5.69 Å². The van der Waals surface area contributed by atoms with Gasteiger partial charge in [-0.15, -0.1) is 5.10 Å². The normalized spacial score (nSPS) is 10.5. The molecule has 0 saturated heterocycles. The van der Waals surface area contributed by atoms with Gasteiger partial charge in [0.2, 0.25) is 11.1 Å². The lowest BCUT2D eigenvalue weighted by atomic mass is 10.2. The monoisotopic (exact) mass is 427 g/mol. The first-order valence-electron chi connectivity index (χ1n) is 9.32. The Morgan fingerprint density at radius 2 is 1.90 bits per heavy atom. The van der Waals surface area contributed by atoms with Gasteiger partial charge in [0, 0.05) is 5.69 Å². The number of carbonyl (C=O) groups excluding carboxylic acids is 2. The summed E-state index contributed by atoms with van der Waals surface area (Å²) in [7, 11) is 0. The molecule has 0 spiro atoms. The third-order valence-corrected chi connectivity index (χ3v) is 4.74. The first kappa shape index (κ1) is 21.3. The predicted molar refractivity (Wildman–Crippen MR) is 112 cm³/mol. The average Bonchev–Trinajstić information content (AvgIpc) is 3.22. The molecule has 30 heavy (non-hydrogen) atoms. The highest BCUT2D eigenvalue weighted by Crippen LogP contribution is 2.21. The number of benzene rings is 2. The highest BCUT2D eigenvalue weighted by molar-refractivity contribution is 7.99. The summed E-state index contributed by atoms with van der Waals surface area (Å²) in [6, 6.07) is 13.9. The fourth-order valence-electron chi connectivity index (χ4n) is 2.55. The lowest BCUT2D eigenvalue weighted by Gasteiger charge is -2.08. The zero-order valence-electron chi connectivity index (χ0n) is 16.6. The lowest BCUT2D eigenvalue weighted by Crippen LogP contribution is -2.15. The van der Waals surface area contributed by atoms with Gasteiger partial charge in [-0.05, 0) is 66.7 Å². The van der Waals surface area contributed by atoms with Crippen molar-refractivity contribution in [3.63, 3.8) is 0 Å². The summed E-state index contributed by atoms with van der Waals surface area (Å²) in [6.07, 6.45) is 0.